The van der Waals surface area contributed by atoms with Gasteiger partial charge in [0, 0.05) is 0 Å². The van der Waals surface area contributed by atoms with Crippen molar-refractivity contribution in [1.82, 2.24) is 0 Å². The number of methoxy groups -OCH3 is 1. The van der Waals surface area contributed by atoms with Crippen LogP contribution in [0.4, 0.5) is 0 Å². The van der Waals surface area contributed by atoms with E-state index in [4.69, 9.17) is 10.5 Å². The van der Waals surface area contributed by atoms with E-state index >= 15 is 0 Å². The predicted molar refractivity (Wildman–Crippen MR) is 62.1 cm³/mol. The minimum Gasteiger partial charge on any atom is -0.497 e. The summed E-state index contributed by atoms with van der Waals surface area (Å²) in [4.78, 5) is 0. The molecule has 0 aromatic heterocycles. The molecule has 0 amide bonds. The van der Waals surface area contributed by atoms with Crippen molar-refractivity contribution in [2.45, 2.75) is 25.2 Å². The topological polar surface area (TPSA) is 35.2 Å². The number of benzene rings is 1. The molecule has 0 spiro atoms. The third kappa shape index (κ3) is 2.15. The molecular weight excluding hydrogens is 186 g/mol. The van der Waals surface area contributed by atoms with Gasteiger partial charge in [0.05, 0.1) is 7.11 Å². The predicted octanol–water partition coefficient (Wildman–Crippen LogP) is 2.54. The molecule has 82 valence electrons. The molecule has 1 aliphatic rings. The Kier molecular flexibility index (Phi) is 3.27. The van der Waals surface area contributed by atoms with E-state index in [2.05, 4.69) is 18.2 Å². The Morgan fingerprint density at radius 2 is 2.27 bits per heavy atom. The van der Waals surface area contributed by atoms with E-state index in [1.165, 1.54) is 24.8 Å². The number of hydrogen-bond donors (Lipinski definition) is 1. The first-order chi connectivity index (χ1) is 7.35. The number of ether oxygens (including phenoxy) is 1. The first-order valence-corrected chi connectivity index (χ1v) is 5.69. The largest absolute Gasteiger partial charge is 0.497 e. The minimum absolute atomic E-state index is 0.644. The summed E-state index contributed by atoms with van der Waals surface area (Å²) in [6, 6.07) is 8.41. The molecule has 0 radical (unpaired) electrons. The third-order valence-corrected chi connectivity index (χ3v) is 3.48. The second-order valence-electron chi connectivity index (χ2n) is 4.31. The Morgan fingerprint density at radius 3 is 3.00 bits per heavy atom. The zero-order valence-corrected chi connectivity index (χ0v) is 9.28. The van der Waals surface area contributed by atoms with Crippen molar-refractivity contribution in [3.63, 3.8) is 0 Å². The van der Waals surface area contributed by atoms with E-state index in [-0.39, 0.29) is 0 Å². The molecular formula is C13H19NO. The molecule has 1 fully saturated rings. The van der Waals surface area contributed by atoms with Gasteiger partial charge in [0.2, 0.25) is 0 Å². The standard InChI is InChI=1S/C13H19NO/c1-15-12-6-2-4-10(8-12)13-7-3-5-11(13)9-14/h2,4,6,8,11,13H,3,5,7,9,14H2,1H3. The summed E-state index contributed by atoms with van der Waals surface area (Å²) in [7, 11) is 1.72. The van der Waals surface area contributed by atoms with Crippen molar-refractivity contribution in [3.05, 3.63) is 29.8 Å². The summed E-state index contributed by atoms with van der Waals surface area (Å²) < 4.78 is 5.25. The molecule has 2 N–H and O–H groups in total. The summed E-state index contributed by atoms with van der Waals surface area (Å²) in [6.45, 7) is 0.807. The SMILES string of the molecule is COc1cccc(C2CCCC2CN)c1. The smallest absolute Gasteiger partial charge is 0.119 e. The Bertz CT molecular complexity index is 324. The highest BCUT2D eigenvalue weighted by atomic mass is 16.5. The van der Waals surface area contributed by atoms with Gasteiger partial charge in [-0.1, -0.05) is 18.6 Å². The zero-order valence-electron chi connectivity index (χ0n) is 9.28. The molecule has 0 aliphatic heterocycles. The van der Waals surface area contributed by atoms with E-state index in [1.807, 2.05) is 6.07 Å². The van der Waals surface area contributed by atoms with Gasteiger partial charge in [0.15, 0.2) is 0 Å². The van der Waals surface area contributed by atoms with Crippen molar-refractivity contribution < 1.29 is 4.74 Å². The maximum atomic E-state index is 5.80. The second kappa shape index (κ2) is 4.67. The lowest BCUT2D eigenvalue weighted by molar-refractivity contribution is 0.412. The minimum atomic E-state index is 0.644. The van der Waals surface area contributed by atoms with Gasteiger partial charge >= 0.3 is 0 Å². The van der Waals surface area contributed by atoms with Crippen molar-refractivity contribution >= 4 is 0 Å². The van der Waals surface area contributed by atoms with Crippen LogP contribution in [-0.2, 0) is 0 Å². The highest BCUT2D eigenvalue weighted by Gasteiger charge is 2.27. The Hall–Kier alpha value is -1.02. The van der Waals surface area contributed by atoms with Gasteiger partial charge in [0.1, 0.15) is 5.75 Å². The zero-order chi connectivity index (χ0) is 10.7. The number of nitrogens with two attached hydrogens (primary N) is 1. The molecule has 0 heterocycles. The van der Waals surface area contributed by atoms with Crippen LogP contribution < -0.4 is 10.5 Å². The molecule has 1 saturated carbocycles. The molecule has 2 atom stereocenters. The molecule has 15 heavy (non-hydrogen) atoms. The average molecular weight is 205 g/mol. The maximum Gasteiger partial charge on any atom is 0.119 e. The molecule has 2 nitrogen and oxygen atoms in total. The fourth-order valence-corrected chi connectivity index (χ4v) is 2.63. The quantitative estimate of drug-likeness (QED) is 0.823. The van der Waals surface area contributed by atoms with E-state index in [1.54, 1.807) is 7.11 Å². The molecule has 1 aliphatic carbocycles. The molecule has 1 aromatic carbocycles. The monoisotopic (exact) mass is 205 g/mol. The van der Waals surface area contributed by atoms with Gasteiger partial charge in [-0.05, 0) is 48.9 Å². The second-order valence-corrected chi connectivity index (χ2v) is 4.31. The van der Waals surface area contributed by atoms with Gasteiger partial charge < -0.3 is 10.5 Å². The van der Waals surface area contributed by atoms with Gasteiger partial charge in [-0.25, -0.2) is 0 Å². The number of rotatable bonds is 3. The van der Waals surface area contributed by atoms with Crippen LogP contribution in [0.5, 0.6) is 5.75 Å². The fraction of sp³-hybridized carbons (Fsp3) is 0.538. The average Bonchev–Trinajstić information content (AvgIpc) is 2.77. The van der Waals surface area contributed by atoms with Crippen LogP contribution in [0, 0.1) is 5.92 Å². The summed E-state index contributed by atoms with van der Waals surface area (Å²) >= 11 is 0. The van der Waals surface area contributed by atoms with E-state index in [9.17, 15) is 0 Å². The summed E-state index contributed by atoms with van der Waals surface area (Å²) in [6.07, 6.45) is 3.86. The van der Waals surface area contributed by atoms with Crippen LogP contribution in [0.2, 0.25) is 0 Å². The summed E-state index contributed by atoms with van der Waals surface area (Å²) in [5.41, 5.74) is 7.19. The Balaban J connectivity index is 2.20. The van der Waals surface area contributed by atoms with Crippen LogP contribution in [-0.4, -0.2) is 13.7 Å². The van der Waals surface area contributed by atoms with Crippen LogP contribution in [0.25, 0.3) is 0 Å². The van der Waals surface area contributed by atoms with Gasteiger partial charge in [-0.2, -0.15) is 0 Å². The highest BCUT2D eigenvalue weighted by Crippen LogP contribution is 2.39. The van der Waals surface area contributed by atoms with Crippen molar-refractivity contribution in [1.29, 1.82) is 0 Å². The van der Waals surface area contributed by atoms with Gasteiger partial charge in [-0.3, -0.25) is 0 Å². The first-order valence-electron chi connectivity index (χ1n) is 5.69. The summed E-state index contributed by atoms with van der Waals surface area (Å²) in [5, 5.41) is 0. The normalized spacial score (nSPS) is 25.5. The molecule has 1 aromatic rings. The first kappa shape index (κ1) is 10.5. The maximum absolute atomic E-state index is 5.80. The van der Waals surface area contributed by atoms with Crippen LogP contribution in [0.1, 0.15) is 30.7 Å². The molecule has 2 unspecified atom stereocenters. The molecule has 2 heteroatoms. The molecule has 0 bridgehead atoms. The molecule has 0 saturated heterocycles. The number of hydrogen-bond acceptors (Lipinski definition) is 2. The van der Waals surface area contributed by atoms with Gasteiger partial charge in [-0.15, -0.1) is 0 Å². The fourth-order valence-electron chi connectivity index (χ4n) is 2.63. The Labute approximate surface area is 91.4 Å². The lowest BCUT2D eigenvalue weighted by atomic mass is 9.89. The van der Waals surface area contributed by atoms with Crippen LogP contribution in [0.3, 0.4) is 0 Å². The summed E-state index contributed by atoms with van der Waals surface area (Å²) in [5.74, 6) is 2.26. The van der Waals surface area contributed by atoms with Crippen molar-refractivity contribution in [3.8, 4) is 5.75 Å². The lowest BCUT2D eigenvalue weighted by Gasteiger charge is -2.18. The van der Waals surface area contributed by atoms with Crippen molar-refractivity contribution in [2.24, 2.45) is 11.7 Å². The van der Waals surface area contributed by atoms with Crippen LogP contribution in [0.15, 0.2) is 24.3 Å². The third-order valence-electron chi connectivity index (χ3n) is 3.48. The van der Waals surface area contributed by atoms with E-state index in [0.717, 1.165) is 12.3 Å². The van der Waals surface area contributed by atoms with E-state index in [0.29, 0.717) is 11.8 Å². The van der Waals surface area contributed by atoms with Gasteiger partial charge in [0.25, 0.3) is 0 Å². The van der Waals surface area contributed by atoms with E-state index < -0.39 is 0 Å². The van der Waals surface area contributed by atoms with Crippen molar-refractivity contribution in [2.75, 3.05) is 13.7 Å². The Morgan fingerprint density at radius 1 is 1.40 bits per heavy atom. The lowest BCUT2D eigenvalue weighted by Crippen LogP contribution is -2.17. The van der Waals surface area contributed by atoms with Crippen LogP contribution >= 0.6 is 0 Å². The molecule has 2 rings (SSSR count). The highest BCUT2D eigenvalue weighted by molar-refractivity contribution is 5.31.